The number of carboxylic acids is 1. The van der Waals surface area contributed by atoms with Crippen LogP contribution in [0.1, 0.15) is 123 Å². The number of carbonyl (C=O) groups excluding carboxylic acids is 3. The largest absolute Gasteiger partial charge is 0.481 e. The fraction of sp³-hybridized carbons (Fsp3) is 0.600. The highest BCUT2D eigenvalue weighted by Gasteiger charge is 2.37. The summed E-state index contributed by atoms with van der Waals surface area (Å²) in [6, 6.07) is 20.1. The summed E-state index contributed by atoms with van der Waals surface area (Å²) < 4.78 is 5.34. The fourth-order valence-corrected chi connectivity index (χ4v) is 5.13. The predicted octanol–water partition coefficient (Wildman–Crippen LogP) is 8.01. The normalized spacial score (nSPS) is 13.6. The van der Waals surface area contributed by atoms with Gasteiger partial charge in [0.15, 0.2) is 0 Å². The van der Waals surface area contributed by atoms with E-state index in [2.05, 4.69) is 11.8 Å². The number of ether oxygens (including phenoxy) is 1. The molecule has 2 fully saturated rings. The number of unbranched alkanes of at least 4 members (excludes halogenated alkanes) is 3. The molecule has 9 heteroatoms. The molecule has 0 spiro atoms. The molecular formula is C40H64N2O7. The Balaban J connectivity index is 0.000000768. The van der Waals surface area contributed by atoms with Crippen molar-refractivity contribution in [1.82, 2.24) is 10.4 Å². The SMILES string of the molecule is C.C.CCOC1(C)CC1.O=C(CCN(CCCC(=O)NO)C1CC1)Cc1ccccc1.O=C(O)CCCCCCC(=O)Cc1ccccc1. The summed E-state index contributed by atoms with van der Waals surface area (Å²) in [7, 11) is 0. The third-order valence-corrected chi connectivity index (χ3v) is 8.25. The molecule has 0 bridgehead atoms. The number of carboxylic acid groups (broad SMARTS) is 1. The quantitative estimate of drug-likeness (QED) is 0.0684. The van der Waals surface area contributed by atoms with E-state index in [0.29, 0.717) is 56.6 Å². The Morgan fingerprint density at radius 2 is 1.27 bits per heavy atom. The lowest BCUT2D eigenvalue weighted by molar-refractivity contribution is -0.137. The van der Waals surface area contributed by atoms with Crippen LogP contribution in [-0.2, 0) is 36.8 Å². The molecule has 2 aromatic carbocycles. The third-order valence-electron chi connectivity index (χ3n) is 8.25. The summed E-state index contributed by atoms with van der Waals surface area (Å²) in [5, 5.41) is 16.9. The zero-order valence-corrected chi connectivity index (χ0v) is 28.5. The van der Waals surface area contributed by atoms with Crippen molar-refractivity contribution in [3.05, 3.63) is 71.8 Å². The average molecular weight is 685 g/mol. The molecular weight excluding hydrogens is 620 g/mol. The highest BCUT2D eigenvalue weighted by molar-refractivity contribution is 5.81. The molecule has 0 heterocycles. The molecule has 3 N–H and O–H groups in total. The number of aliphatic carboxylic acids is 1. The molecule has 0 radical (unpaired) electrons. The Kier molecular flexibility index (Phi) is 24.6. The van der Waals surface area contributed by atoms with Gasteiger partial charge >= 0.3 is 5.97 Å². The van der Waals surface area contributed by atoms with Gasteiger partial charge in [0.05, 0.1) is 5.60 Å². The number of hydrogen-bond donors (Lipinski definition) is 3. The number of hydrogen-bond acceptors (Lipinski definition) is 7. The van der Waals surface area contributed by atoms with Crippen LogP contribution in [0.15, 0.2) is 60.7 Å². The van der Waals surface area contributed by atoms with Gasteiger partial charge in [-0.2, -0.15) is 0 Å². The van der Waals surface area contributed by atoms with Gasteiger partial charge < -0.3 is 9.84 Å². The molecule has 4 rings (SSSR count). The van der Waals surface area contributed by atoms with Gasteiger partial charge in [-0.15, -0.1) is 0 Å². The van der Waals surface area contributed by atoms with E-state index in [-0.39, 0.29) is 38.7 Å². The zero-order chi connectivity index (χ0) is 34.3. The molecule has 49 heavy (non-hydrogen) atoms. The first-order chi connectivity index (χ1) is 22.6. The lowest BCUT2D eigenvalue weighted by Crippen LogP contribution is -2.31. The third kappa shape index (κ3) is 23.6. The van der Waals surface area contributed by atoms with Gasteiger partial charge in [0, 0.05) is 57.7 Å². The molecule has 0 atom stereocenters. The van der Waals surface area contributed by atoms with E-state index in [4.69, 9.17) is 15.1 Å². The van der Waals surface area contributed by atoms with Crippen molar-refractivity contribution in [2.24, 2.45) is 0 Å². The second-order valence-electron chi connectivity index (χ2n) is 12.7. The van der Waals surface area contributed by atoms with Crippen LogP contribution in [0.4, 0.5) is 0 Å². The lowest BCUT2D eigenvalue weighted by Gasteiger charge is -2.21. The summed E-state index contributed by atoms with van der Waals surface area (Å²) in [4.78, 5) is 47.3. The molecule has 2 aliphatic rings. The van der Waals surface area contributed by atoms with Crippen molar-refractivity contribution in [2.75, 3.05) is 19.7 Å². The summed E-state index contributed by atoms with van der Waals surface area (Å²) in [5.41, 5.74) is 4.07. The van der Waals surface area contributed by atoms with Gasteiger partial charge in [-0.1, -0.05) is 88.4 Å². The molecule has 276 valence electrons. The van der Waals surface area contributed by atoms with Crippen LogP contribution in [-0.4, -0.2) is 70.0 Å². The van der Waals surface area contributed by atoms with Gasteiger partial charge in [-0.05, 0) is 76.5 Å². The molecule has 0 aliphatic heterocycles. The summed E-state index contributed by atoms with van der Waals surface area (Å²) >= 11 is 0. The summed E-state index contributed by atoms with van der Waals surface area (Å²) in [6.45, 7) is 6.64. The minimum Gasteiger partial charge on any atom is -0.481 e. The van der Waals surface area contributed by atoms with Gasteiger partial charge in [-0.25, -0.2) is 5.48 Å². The molecule has 0 unspecified atom stereocenters. The van der Waals surface area contributed by atoms with E-state index in [9.17, 15) is 19.2 Å². The van der Waals surface area contributed by atoms with Crippen molar-refractivity contribution in [1.29, 1.82) is 0 Å². The van der Waals surface area contributed by atoms with E-state index in [1.807, 2.05) is 67.6 Å². The first kappa shape index (κ1) is 45.6. The smallest absolute Gasteiger partial charge is 0.303 e. The number of Topliss-reactive ketones (excluding diaryl/α,β-unsaturated/α-hetero) is 2. The highest BCUT2D eigenvalue weighted by Crippen LogP contribution is 2.38. The maximum Gasteiger partial charge on any atom is 0.303 e. The predicted molar refractivity (Wildman–Crippen MR) is 197 cm³/mol. The number of carbonyl (C=O) groups is 4. The van der Waals surface area contributed by atoms with E-state index in [1.54, 1.807) is 5.48 Å². The zero-order valence-electron chi connectivity index (χ0n) is 28.5. The maximum atomic E-state index is 12.1. The Morgan fingerprint density at radius 3 is 1.69 bits per heavy atom. The number of nitrogens with one attached hydrogen (secondary N) is 1. The van der Waals surface area contributed by atoms with Crippen LogP contribution >= 0.6 is 0 Å². The number of ketones is 2. The van der Waals surface area contributed by atoms with Gasteiger partial charge in [0.1, 0.15) is 11.6 Å². The number of amides is 1. The lowest BCUT2D eigenvalue weighted by atomic mass is 10.0. The summed E-state index contributed by atoms with van der Waals surface area (Å²) in [6.07, 6.45) is 11.7. The van der Waals surface area contributed by atoms with Gasteiger partial charge in [0.25, 0.3) is 0 Å². The van der Waals surface area contributed by atoms with Crippen molar-refractivity contribution >= 4 is 23.4 Å². The van der Waals surface area contributed by atoms with Crippen molar-refractivity contribution in [3.63, 3.8) is 0 Å². The van der Waals surface area contributed by atoms with E-state index < -0.39 is 5.97 Å². The maximum absolute atomic E-state index is 12.1. The van der Waals surface area contributed by atoms with Gasteiger partial charge in [0.2, 0.25) is 5.91 Å². The molecule has 1 amide bonds. The molecule has 2 saturated carbocycles. The molecule has 0 saturated heterocycles. The van der Waals surface area contributed by atoms with Crippen molar-refractivity contribution in [3.8, 4) is 0 Å². The Bertz CT molecular complexity index is 1180. The number of rotatable bonds is 21. The Labute approximate surface area is 295 Å². The van der Waals surface area contributed by atoms with Crippen LogP contribution in [0.2, 0.25) is 0 Å². The van der Waals surface area contributed by atoms with Crippen LogP contribution in [0.5, 0.6) is 0 Å². The monoisotopic (exact) mass is 684 g/mol. The Hall–Kier alpha value is -3.40. The topological polar surface area (TPSA) is 133 Å². The van der Waals surface area contributed by atoms with Crippen molar-refractivity contribution < 1.29 is 34.2 Å². The molecule has 2 aliphatic carbocycles. The minimum atomic E-state index is -0.741. The minimum absolute atomic E-state index is 0. The van der Waals surface area contributed by atoms with Crippen LogP contribution < -0.4 is 5.48 Å². The molecule has 0 aromatic heterocycles. The van der Waals surface area contributed by atoms with E-state index >= 15 is 0 Å². The first-order valence-corrected chi connectivity index (χ1v) is 17.3. The van der Waals surface area contributed by atoms with Crippen LogP contribution in [0.25, 0.3) is 0 Å². The van der Waals surface area contributed by atoms with Gasteiger partial charge in [-0.3, -0.25) is 29.3 Å². The number of nitrogens with zero attached hydrogens (tertiary/aromatic N) is 1. The van der Waals surface area contributed by atoms with E-state index in [1.165, 1.54) is 25.7 Å². The molecule has 9 nitrogen and oxygen atoms in total. The summed E-state index contributed by atoms with van der Waals surface area (Å²) in [5.74, 6) is -0.574. The number of hydroxylamine groups is 1. The Morgan fingerprint density at radius 1 is 0.755 bits per heavy atom. The number of benzene rings is 2. The first-order valence-electron chi connectivity index (χ1n) is 17.3. The van der Waals surface area contributed by atoms with Crippen LogP contribution in [0.3, 0.4) is 0 Å². The average Bonchev–Trinajstić information content (AvgIpc) is 4.00. The highest BCUT2D eigenvalue weighted by atomic mass is 16.5. The van der Waals surface area contributed by atoms with E-state index in [0.717, 1.165) is 50.1 Å². The second-order valence-corrected chi connectivity index (χ2v) is 12.7. The second kappa shape index (κ2) is 26.5. The van der Waals surface area contributed by atoms with Crippen LogP contribution in [0, 0.1) is 0 Å². The van der Waals surface area contributed by atoms with Crippen molar-refractivity contribution in [2.45, 2.75) is 137 Å². The fourth-order valence-electron chi connectivity index (χ4n) is 5.13. The molecule has 2 aromatic rings. The standard InChI is InChI=1S/C17H24N2O3.C15H20O3.C6H12O.2CH4/c20-16(13-14-5-2-1-3-6-14)10-12-19(15-8-9-15)11-4-7-17(21)18-22;16-14(12-13-8-4-3-5-9-13)10-6-1-2-7-11-15(17)18;1-3-7-6(2)4-5-6;;/h1-3,5-6,15,22H,4,7-13H2,(H,18,21);3-5,8-9H,1-2,6-7,10-12H2,(H,17,18);3-5H2,1-2H3;2*1H4.